The van der Waals surface area contributed by atoms with Gasteiger partial charge in [0.2, 0.25) is 0 Å². The van der Waals surface area contributed by atoms with Gasteiger partial charge in [-0.2, -0.15) is 5.10 Å². The van der Waals surface area contributed by atoms with Crippen molar-refractivity contribution in [2.45, 2.75) is 33.6 Å². The summed E-state index contributed by atoms with van der Waals surface area (Å²) < 4.78 is 6.98. The molecule has 0 bridgehead atoms. The van der Waals surface area contributed by atoms with Gasteiger partial charge in [0.05, 0.1) is 5.69 Å². The summed E-state index contributed by atoms with van der Waals surface area (Å²) >= 11 is 0. The topological polar surface area (TPSA) is 44.1 Å². The second-order valence-corrected chi connectivity index (χ2v) is 5.23. The number of rotatable bonds is 6. The fourth-order valence-corrected chi connectivity index (χ4v) is 2.39. The molecule has 0 spiro atoms. The van der Waals surface area contributed by atoms with Crippen LogP contribution in [0.5, 0.6) is 5.75 Å². The van der Waals surface area contributed by atoms with E-state index in [1.165, 1.54) is 10.2 Å². The van der Waals surface area contributed by atoms with Crippen LogP contribution >= 0.6 is 0 Å². The Morgan fingerprint density at radius 3 is 2.59 bits per heavy atom. The molecular weight excluding hydrogens is 276 g/mol. The van der Waals surface area contributed by atoms with Crippen LogP contribution < -0.4 is 4.74 Å². The average molecular weight is 298 g/mol. The van der Waals surface area contributed by atoms with Gasteiger partial charge in [0.25, 0.3) is 5.91 Å². The molecule has 0 fully saturated rings. The lowest BCUT2D eigenvalue weighted by Crippen LogP contribution is -2.21. The molecule has 0 aliphatic heterocycles. The maximum atomic E-state index is 12.3. The third-order valence-electron chi connectivity index (χ3n) is 3.72. The van der Waals surface area contributed by atoms with Crippen LogP contribution in [-0.2, 0) is 12.8 Å². The molecule has 1 heterocycles. The van der Waals surface area contributed by atoms with E-state index < -0.39 is 0 Å². The van der Waals surface area contributed by atoms with Crippen molar-refractivity contribution in [3.63, 3.8) is 0 Å². The molecule has 116 valence electrons. The Bertz CT molecular complexity index is 669. The molecule has 1 aromatic carbocycles. The first kappa shape index (κ1) is 16.0. The molecule has 0 aliphatic rings. The van der Waals surface area contributed by atoms with Crippen molar-refractivity contribution in [2.75, 3.05) is 6.61 Å². The zero-order valence-electron chi connectivity index (χ0n) is 13.4. The average Bonchev–Trinajstić information content (AvgIpc) is 2.81. The fraction of sp³-hybridized carbons (Fsp3) is 0.333. The molecular formula is C18H22N2O2. The molecule has 0 saturated heterocycles. The number of carbonyl (C=O) groups is 1. The monoisotopic (exact) mass is 298 g/mol. The second-order valence-electron chi connectivity index (χ2n) is 5.23. The van der Waals surface area contributed by atoms with Crippen LogP contribution in [0.15, 0.2) is 36.9 Å². The quantitative estimate of drug-likeness (QED) is 0.767. The Kier molecular flexibility index (Phi) is 5.15. The van der Waals surface area contributed by atoms with Gasteiger partial charge in [-0.05, 0) is 44.4 Å². The van der Waals surface area contributed by atoms with Gasteiger partial charge in [-0.15, -0.1) is 6.58 Å². The minimum absolute atomic E-state index is 0.0268. The number of benzene rings is 1. The van der Waals surface area contributed by atoms with Gasteiger partial charge in [0.15, 0.2) is 6.61 Å². The Morgan fingerprint density at radius 1 is 1.32 bits per heavy atom. The number of ether oxygens (including phenoxy) is 1. The number of allylic oxidation sites excluding steroid dienone is 1. The first-order chi connectivity index (χ1) is 10.6. The highest BCUT2D eigenvalue weighted by molar-refractivity contribution is 5.80. The zero-order chi connectivity index (χ0) is 16.1. The molecule has 0 atom stereocenters. The van der Waals surface area contributed by atoms with Crippen molar-refractivity contribution in [3.05, 3.63) is 59.4 Å². The smallest absolute Gasteiger partial charge is 0.284 e. The maximum absolute atomic E-state index is 12.3. The van der Waals surface area contributed by atoms with E-state index in [-0.39, 0.29) is 12.5 Å². The van der Waals surface area contributed by atoms with E-state index in [4.69, 9.17) is 4.74 Å². The molecule has 4 nitrogen and oxygen atoms in total. The van der Waals surface area contributed by atoms with Crippen LogP contribution in [0, 0.1) is 13.8 Å². The predicted molar refractivity (Wildman–Crippen MR) is 87.5 cm³/mol. The molecule has 2 rings (SSSR count). The van der Waals surface area contributed by atoms with Crippen molar-refractivity contribution in [1.29, 1.82) is 0 Å². The summed E-state index contributed by atoms with van der Waals surface area (Å²) in [6.07, 6.45) is 3.51. The number of nitrogens with zero attached hydrogens (tertiary/aromatic N) is 2. The molecule has 0 saturated carbocycles. The number of aromatic nitrogens is 2. The molecule has 4 heteroatoms. The summed E-state index contributed by atoms with van der Waals surface area (Å²) in [5.41, 5.74) is 4.01. The first-order valence-corrected chi connectivity index (χ1v) is 7.47. The highest BCUT2D eigenvalue weighted by atomic mass is 16.5. The van der Waals surface area contributed by atoms with Gasteiger partial charge in [0.1, 0.15) is 5.75 Å². The molecule has 0 N–H and O–H groups in total. The van der Waals surface area contributed by atoms with E-state index in [2.05, 4.69) is 18.6 Å². The van der Waals surface area contributed by atoms with Crippen LogP contribution in [0.25, 0.3) is 0 Å². The number of hydrogen-bond donors (Lipinski definition) is 0. The number of carbonyl (C=O) groups excluding carboxylic acids is 1. The molecule has 22 heavy (non-hydrogen) atoms. The molecule has 2 aromatic rings. The summed E-state index contributed by atoms with van der Waals surface area (Å²) in [6, 6.07) is 7.78. The van der Waals surface area contributed by atoms with E-state index >= 15 is 0 Å². The molecule has 1 aromatic heterocycles. The van der Waals surface area contributed by atoms with Crippen molar-refractivity contribution < 1.29 is 9.53 Å². The van der Waals surface area contributed by atoms with E-state index in [0.717, 1.165) is 23.4 Å². The first-order valence-electron chi connectivity index (χ1n) is 7.47. The summed E-state index contributed by atoms with van der Waals surface area (Å²) in [4.78, 5) is 12.3. The standard InChI is InChI=1S/C18H22N2O2/c1-5-7-17-13(3)19-20(14(17)4)18(21)12-22-16-10-8-15(6-2)9-11-16/h5,8-11H,1,6-7,12H2,2-4H3. The molecule has 0 amide bonds. The highest BCUT2D eigenvalue weighted by Gasteiger charge is 2.16. The predicted octanol–water partition coefficient (Wildman–Crippen LogP) is 3.51. The Balaban J connectivity index is 2.05. The normalized spacial score (nSPS) is 10.5. The fourth-order valence-electron chi connectivity index (χ4n) is 2.39. The minimum atomic E-state index is -0.171. The van der Waals surface area contributed by atoms with Crippen LogP contribution in [0.4, 0.5) is 0 Å². The van der Waals surface area contributed by atoms with Crippen molar-refractivity contribution in [1.82, 2.24) is 9.78 Å². The highest BCUT2D eigenvalue weighted by Crippen LogP contribution is 2.15. The maximum Gasteiger partial charge on any atom is 0.284 e. The van der Waals surface area contributed by atoms with Crippen molar-refractivity contribution in [2.24, 2.45) is 0 Å². The SMILES string of the molecule is C=CCc1c(C)nn(C(=O)COc2ccc(CC)cc2)c1C. The second kappa shape index (κ2) is 7.07. The van der Waals surface area contributed by atoms with Crippen LogP contribution in [0.2, 0.25) is 0 Å². The van der Waals surface area contributed by atoms with Gasteiger partial charge >= 0.3 is 0 Å². The van der Waals surface area contributed by atoms with E-state index in [1.807, 2.05) is 44.2 Å². The van der Waals surface area contributed by atoms with E-state index in [0.29, 0.717) is 12.2 Å². The lowest BCUT2D eigenvalue weighted by molar-refractivity contribution is 0.0818. The lowest BCUT2D eigenvalue weighted by Gasteiger charge is -2.07. The summed E-state index contributed by atoms with van der Waals surface area (Å²) in [5, 5.41) is 4.31. The van der Waals surface area contributed by atoms with Gasteiger partial charge in [-0.25, -0.2) is 4.68 Å². The number of aryl methyl sites for hydroxylation is 2. The molecule has 0 aliphatic carbocycles. The zero-order valence-corrected chi connectivity index (χ0v) is 13.4. The third-order valence-corrected chi connectivity index (χ3v) is 3.72. The van der Waals surface area contributed by atoms with Crippen molar-refractivity contribution in [3.8, 4) is 5.75 Å². The molecule has 0 unspecified atom stereocenters. The van der Waals surface area contributed by atoms with Gasteiger partial charge < -0.3 is 4.74 Å². The summed E-state index contributed by atoms with van der Waals surface area (Å²) in [5.74, 6) is 0.522. The Labute approximate surface area is 131 Å². The molecule has 0 radical (unpaired) electrons. The summed E-state index contributed by atoms with van der Waals surface area (Å²) in [7, 11) is 0. The lowest BCUT2D eigenvalue weighted by atomic mass is 10.1. The van der Waals surface area contributed by atoms with Crippen molar-refractivity contribution >= 4 is 5.91 Å². The van der Waals surface area contributed by atoms with E-state index in [1.54, 1.807) is 0 Å². The van der Waals surface area contributed by atoms with Gasteiger partial charge in [-0.1, -0.05) is 25.1 Å². The van der Waals surface area contributed by atoms with Gasteiger partial charge in [0, 0.05) is 11.3 Å². The Morgan fingerprint density at radius 2 is 2.00 bits per heavy atom. The number of hydrogen-bond acceptors (Lipinski definition) is 3. The van der Waals surface area contributed by atoms with Crippen LogP contribution in [0.3, 0.4) is 0 Å². The largest absolute Gasteiger partial charge is 0.484 e. The van der Waals surface area contributed by atoms with Gasteiger partial charge in [-0.3, -0.25) is 4.79 Å². The Hall–Kier alpha value is -2.36. The summed E-state index contributed by atoms with van der Waals surface area (Å²) in [6.45, 7) is 9.61. The van der Waals surface area contributed by atoms with Crippen LogP contribution in [-0.4, -0.2) is 22.3 Å². The third kappa shape index (κ3) is 3.45. The van der Waals surface area contributed by atoms with Crippen LogP contribution in [0.1, 0.15) is 34.2 Å². The van der Waals surface area contributed by atoms with E-state index in [9.17, 15) is 4.79 Å². The minimum Gasteiger partial charge on any atom is -0.484 e.